The number of aromatic nitrogens is 5. The maximum Gasteiger partial charge on any atom is 0.164 e. The van der Waals surface area contributed by atoms with Crippen molar-refractivity contribution in [1.82, 2.24) is 24.1 Å². The van der Waals surface area contributed by atoms with E-state index in [0.29, 0.717) is 17.5 Å². The topological polar surface area (TPSA) is 48.5 Å². The van der Waals surface area contributed by atoms with Crippen molar-refractivity contribution in [3.8, 4) is 67.8 Å². The average Bonchev–Trinajstić information content (AvgIpc) is 4.10. The van der Waals surface area contributed by atoms with Gasteiger partial charge in [0.2, 0.25) is 0 Å². The summed E-state index contributed by atoms with van der Waals surface area (Å²) in [5.41, 5.74) is 14.4. The first kappa shape index (κ1) is 39.2. The minimum Gasteiger partial charge on any atom is -0.308 e. The molecule has 0 aliphatic heterocycles. The lowest BCUT2D eigenvalue weighted by atomic mass is 10.0. The van der Waals surface area contributed by atoms with E-state index in [0.717, 1.165) is 44.7 Å². The summed E-state index contributed by atoms with van der Waals surface area (Å²) >= 11 is 1.89. The Morgan fingerprint density at radius 2 is 0.667 bits per heavy atom. The second kappa shape index (κ2) is 15.8. The van der Waals surface area contributed by atoms with Gasteiger partial charge >= 0.3 is 0 Å². The molecule has 5 nitrogen and oxygen atoms in total. The zero-order valence-electron chi connectivity index (χ0n) is 37.2. The van der Waals surface area contributed by atoms with E-state index < -0.39 is 0 Å². The van der Waals surface area contributed by atoms with Crippen LogP contribution in [-0.2, 0) is 0 Å². The van der Waals surface area contributed by atoms with E-state index in [1.807, 2.05) is 35.6 Å². The molecular formula is C63H39N5S. The highest BCUT2D eigenvalue weighted by Gasteiger charge is 2.22. The molecule has 0 radical (unpaired) electrons. The van der Waals surface area contributed by atoms with Crippen molar-refractivity contribution >= 4 is 75.1 Å². The highest BCUT2D eigenvalue weighted by Crippen LogP contribution is 2.47. The molecule has 4 aromatic heterocycles. The first-order valence-corrected chi connectivity index (χ1v) is 24.1. The van der Waals surface area contributed by atoms with E-state index in [-0.39, 0.29) is 0 Å². The summed E-state index contributed by atoms with van der Waals surface area (Å²) in [5, 5.41) is 7.42. The van der Waals surface area contributed by atoms with Crippen molar-refractivity contribution < 1.29 is 0 Å². The highest BCUT2D eigenvalue weighted by molar-refractivity contribution is 7.27. The SMILES string of the molecule is c1ccc(-c2ccc(-n3c4ccccc4c4ccc5c6ccc7c8ccccc8n(-c8cccc(-c9nc(-c%10ccccc%10)nc(-c%10cccc(-c%11ccccc%11)c%10)n9)c8)c7c6sc5c43)cc2)cc1. The molecule has 0 spiro atoms. The highest BCUT2D eigenvalue weighted by atomic mass is 32.1. The van der Waals surface area contributed by atoms with Crippen LogP contribution in [0.5, 0.6) is 0 Å². The largest absolute Gasteiger partial charge is 0.308 e. The van der Waals surface area contributed by atoms with Crippen molar-refractivity contribution in [1.29, 1.82) is 0 Å². The monoisotopic (exact) mass is 897 g/mol. The first-order valence-electron chi connectivity index (χ1n) is 23.3. The van der Waals surface area contributed by atoms with Crippen LogP contribution in [0.15, 0.2) is 237 Å². The van der Waals surface area contributed by atoms with Crippen LogP contribution in [-0.4, -0.2) is 24.1 Å². The minimum atomic E-state index is 0.616. The van der Waals surface area contributed by atoms with Crippen molar-refractivity contribution in [2.24, 2.45) is 0 Å². The number of para-hydroxylation sites is 2. The summed E-state index contributed by atoms with van der Waals surface area (Å²) in [6, 6.07) is 84.3. The molecule has 14 rings (SSSR count). The molecule has 0 aliphatic carbocycles. The van der Waals surface area contributed by atoms with E-state index >= 15 is 0 Å². The zero-order valence-corrected chi connectivity index (χ0v) is 38.0. The summed E-state index contributed by atoms with van der Waals surface area (Å²) in [4.78, 5) is 15.5. The van der Waals surface area contributed by atoms with Crippen LogP contribution in [0, 0.1) is 0 Å². The van der Waals surface area contributed by atoms with Crippen LogP contribution in [0.4, 0.5) is 0 Å². The Morgan fingerprint density at radius 3 is 1.25 bits per heavy atom. The zero-order chi connectivity index (χ0) is 45.4. The van der Waals surface area contributed by atoms with Gasteiger partial charge in [-0.25, -0.2) is 15.0 Å². The quantitative estimate of drug-likeness (QED) is 0.160. The number of hydrogen-bond acceptors (Lipinski definition) is 4. The fourth-order valence-electron chi connectivity index (χ4n) is 10.4. The Kier molecular flexibility index (Phi) is 9.00. The van der Waals surface area contributed by atoms with Gasteiger partial charge in [-0.3, -0.25) is 0 Å². The van der Waals surface area contributed by atoms with E-state index in [9.17, 15) is 0 Å². The molecule has 69 heavy (non-hydrogen) atoms. The summed E-state index contributed by atoms with van der Waals surface area (Å²) < 4.78 is 7.44. The Hall–Kier alpha value is -8.97. The van der Waals surface area contributed by atoms with E-state index in [1.54, 1.807) is 0 Å². The molecule has 0 bridgehead atoms. The summed E-state index contributed by atoms with van der Waals surface area (Å²) in [6.07, 6.45) is 0. The molecule has 322 valence electrons. The van der Waals surface area contributed by atoms with Crippen LogP contribution in [0.25, 0.3) is 132 Å². The Morgan fingerprint density at radius 1 is 0.261 bits per heavy atom. The number of hydrogen-bond donors (Lipinski definition) is 0. The fraction of sp³-hybridized carbons (Fsp3) is 0. The maximum absolute atomic E-state index is 5.23. The number of nitrogens with zero attached hydrogens (tertiary/aromatic N) is 5. The summed E-state index contributed by atoms with van der Waals surface area (Å²) in [5.74, 6) is 1.87. The Bertz CT molecular complexity index is 4280. The Labute approximate surface area is 401 Å². The van der Waals surface area contributed by atoms with Crippen molar-refractivity contribution in [2.75, 3.05) is 0 Å². The first-order chi connectivity index (χ1) is 34.2. The number of benzene rings is 10. The molecule has 0 saturated heterocycles. The van der Waals surface area contributed by atoms with E-state index in [4.69, 9.17) is 15.0 Å². The van der Waals surface area contributed by atoms with Gasteiger partial charge in [-0.1, -0.05) is 194 Å². The minimum absolute atomic E-state index is 0.616. The van der Waals surface area contributed by atoms with Crippen LogP contribution >= 0.6 is 11.3 Å². The number of fused-ring (bicyclic) bond motifs is 11. The lowest BCUT2D eigenvalue weighted by Gasteiger charge is -2.12. The van der Waals surface area contributed by atoms with Gasteiger partial charge in [-0.15, -0.1) is 11.3 Å². The number of thiophene rings is 1. The lowest BCUT2D eigenvalue weighted by Crippen LogP contribution is -2.01. The molecule has 0 fully saturated rings. The normalized spacial score (nSPS) is 11.8. The molecule has 0 aliphatic rings. The third kappa shape index (κ3) is 6.41. The summed E-state index contributed by atoms with van der Waals surface area (Å²) in [6.45, 7) is 0. The van der Waals surface area contributed by atoms with Gasteiger partial charge in [0.15, 0.2) is 17.5 Å². The van der Waals surface area contributed by atoms with Crippen molar-refractivity contribution in [2.45, 2.75) is 0 Å². The predicted octanol–water partition coefficient (Wildman–Crippen LogP) is 16.8. The fourth-order valence-corrected chi connectivity index (χ4v) is 11.7. The van der Waals surface area contributed by atoms with Crippen molar-refractivity contribution in [3.05, 3.63) is 237 Å². The Balaban J connectivity index is 0.974. The van der Waals surface area contributed by atoms with Gasteiger partial charge < -0.3 is 9.13 Å². The van der Waals surface area contributed by atoms with Gasteiger partial charge in [-0.2, -0.15) is 0 Å². The molecule has 0 atom stereocenters. The second-order valence-electron chi connectivity index (χ2n) is 17.6. The lowest BCUT2D eigenvalue weighted by molar-refractivity contribution is 1.07. The van der Waals surface area contributed by atoms with E-state index in [2.05, 4.69) is 221 Å². The third-order valence-electron chi connectivity index (χ3n) is 13.6. The average molecular weight is 898 g/mol. The van der Waals surface area contributed by atoms with Gasteiger partial charge in [0.25, 0.3) is 0 Å². The molecule has 0 saturated carbocycles. The third-order valence-corrected chi connectivity index (χ3v) is 14.8. The van der Waals surface area contributed by atoms with Gasteiger partial charge in [-0.05, 0) is 64.7 Å². The molecular weight excluding hydrogens is 859 g/mol. The standard InChI is InChI=1S/C63H39N5S/c1-4-16-40(17-5-1)42-30-32-47(33-31-42)67-55-28-12-10-26-49(55)51-34-36-53-54-37-35-52-50-27-11-13-29-56(50)68(58(52)60(54)69-59(53)57(51)67)48-25-15-24-46(39-48)63-65-61(43-20-8-3-9-21-43)64-62(66-63)45-23-14-22-44(38-45)41-18-6-2-7-19-41/h1-39H. The van der Waals surface area contributed by atoms with E-state index in [1.165, 1.54) is 69.4 Å². The van der Waals surface area contributed by atoms with Crippen LogP contribution < -0.4 is 0 Å². The second-order valence-corrected chi connectivity index (χ2v) is 18.6. The smallest absolute Gasteiger partial charge is 0.164 e. The molecule has 0 N–H and O–H groups in total. The molecule has 10 aromatic carbocycles. The molecule has 14 aromatic rings. The maximum atomic E-state index is 5.23. The summed E-state index contributed by atoms with van der Waals surface area (Å²) in [7, 11) is 0. The van der Waals surface area contributed by atoms with Crippen LogP contribution in [0.2, 0.25) is 0 Å². The molecule has 6 heteroatoms. The number of rotatable bonds is 7. The van der Waals surface area contributed by atoms with Gasteiger partial charge in [0, 0.05) is 60.4 Å². The van der Waals surface area contributed by atoms with Crippen molar-refractivity contribution in [3.63, 3.8) is 0 Å². The molecule has 0 amide bonds. The molecule has 4 heterocycles. The van der Waals surface area contributed by atoms with Crippen LogP contribution in [0.3, 0.4) is 0 Å². The van der Waals surface area contributed by atoms with Gasteiger partial charge in [0.1, 0.15) is 0 Å². The predicted molar refractivity (Wildman–Crippen MR) is 289 cm³/mol. The van der Waals surface area contributed by atoms with Crippen LogP contribution in [0.1, 0.15) is 0 Å². The molecule has 0 unspecified atom stereocenters. The van der Waals surface area contributed by atoms with Gasteiger partial charge in [0.05, 0.1) is 31.5 Å².